The average Bonchev–Trinajstić information content (AvgIpc) is 2.66. The van der Waals surface area contributed by atoms with E-state index in [1.807, 2.05) is 44.2 Å². The fraction of sp³-hybridized carbons (Fsp3) is 0.364. The fourth-order valence-electron chi connectivity index (χ4n) is 2.78. The normalized spacial score (nSPS) is 12.9. The molecule has 0 aromatic heterocycles. The minimum atomic E-state index is -0.628. The molecule has 0 heterocycles. The summed E-state index contributed by atoms with van der Waals surface area (Å²) in [7, 11) is 0. The van der Waals surface area contributed by atoms with Gasteiger partial charge in [-0.2, -0.15) is 0 Å². The highest BCUT2D eigenvalue weighted by molar-refractivity contribution is 6.31. The highest BCUT2D eigenvalue weighted by atomic mass is 35.5. The highest BCUT2D eigenvalue weighted by Crippen LogP contribution is 2.20. The lowest BCUT2D eigenvalue weighted by molar-refractivity contribution is -0.140. The SMILES string of the molecule is CC[C@@H](C)NC(=O)[C@H](C)N(Cc1ccccc1Cl)C(=O)Cc1cccc(Cl)c1. The van der Waals surface area contributed by atoms with Crippen LogP contribution < -0.4 is 5.32 Å². The van der Waals surface area contributed by atoms with Crippen LogP contribution in [0.25, 0.3) is 0 Å². The third kappa shape index (κ3) is 6.25. The molecule has 0 saturated carbocycles. The lowest BCUT2D eigenvalue weighted by atomic mass is 10.1. The van der Waals surface area contributed by atoms with Crippen LogP contribution in [0.5, 0.6) is 0 Å². The second kappa shape index (κ2) is 10.5. The Hall–Kier alpha value is -2.04. The molecule has 0 spiro atoms. The molecule has 150 valence electrons. The van der Waals surface area contributed by atoms with Gasteiger partial charge < -0.3 is 10.2 Å². The van der Waals surface area contributed by atoms with Gasteiger partial charge in [0, 0.05) is 22.6 Å². The van der Waals surface area contributed by atoms with E-state index in [0.717, 1.165) is 17.5 Å². The zero-order chi connectivity index (χ0) is 20.7. The smallest absolute Gasteiger partial charge is 0.242 e. The van der Waals surface area contributed by atoms with E-state index in [0.29, 0.717) is 10.0 Å². The van der Waals surface area contributed by atoms with E-state index in [9.17, 15) is 9.59 Å². The number of benzene rings is 2. The Bertz CT molecular complexity index is 826. The summed E-state index contributed by atoms with van der Waals surface area (Å²) in [6.45, 7) is 5.94. The van der Waals surface area contributed by atoms with Gasteiger partial charge in [0.15, 0.2) is 0 Å². The molecule has 2 aromatic carbocycles. The van der Waals surface area contributed by atoms with E-state index >= 15 is 0 Å². The predicted molar refractivity (Wildman–Crippen MR) is 115 cm³/mol. The first-order valence-electron chi connectivity index (χ1n) is 9.39. The molecule has 4 nitrogen and oxygen atoms in total. The minimum Gasteiger partial charge on any atom is -0.352 e. The zero-order valence-electron chi connectivity index (χ0n) is 16.4. The minimum absolute atomic E-state index is 0.0418. The van der Waals surface area contributed by atoms with E-state index in [1.54, 1.807) is 30.0 Å². The van der Waals surface area contributed by atoms with Crippen molar-refractivity contribution in [3.63, 3.8) is 0 Å². The lowest BCUT2D eigenvalue weighted by Gasteiger charge is -2.30. The van der Waals surface area contributed by atoms with E-state index in [-0.39, 0.29) is 30.8 Å². The summed E-state index contributed by atoms with van der Waals surface area (Å²) >= 11 is 12.3. The molecule has 0 saturated heterocycles. The first-order chi connectivity index (χ1) is 13.3. The van der Waals surface area contributed by atoms with Gasteiger partial charge in [-0.1, -0.05) is 60.5 Å². The van der Waals surface area contributed by atoms with Gasteiger partial charge in [0.2, 0.25) is 11.8 Å². The molecule has 6 heteroatoms. The van der Waals surface area contributed by atoms with Crippen LogP contribution in [0.15, 0.2) is 48.5 Å². The Balaban J connectivity index is 2.25. The molecule has 2 amide bonds. The maximum Gasteiger partial charge on any atom is 0.242 e. The number of hydrogen-bond acceptors (Lipinski definition) is 2. The number of rotatable bonds is 8. The molecule has 0 radical (unpaired) electrons. The molecular weight excluding hydrogens is 395 g/mol. The molecule has 0 bridgehead atoms. The Morgan fingerprint density at radius 2 is 1.79 bits per heavy atom. The van der Waals surface area contributed by atoms with Crippen molar-refractivity contribution in [1.29, 1.82) is 0 Å². The summed E-state index contributed by atoms with van der Waals surface area (Å²) in [5, 5.41) is 4.09. The predicted octanol–water partition coefficient (Wildman–Crippen LogP) is 4.87. The van der Waals surface area contributed by atoms with Gasteiger partial charge in [-0.05, 0) is 49.6 Å². The Kier molecular flexibility index (Phi) is 8.34. The first-order valence-corrected chi connectivity index (χ1v) is 10.1. The van der Waals surface area contributed by atoms with Crippen molar-refractivity contribution in [2.75, 3.05) is 0 Å². The topological polar surface area (TPSA) is 49.4 Å². The fourth-order valence-corrected chi connectivity index (χ4v) is 3.19. The summed E-state index contributed by atoms with van der Waals surface area (Å²) in [5.74, 6) is -0.338. The van der Waals surface area contributed by atoms with E-state index in [2.05, 4.69) is 5.32 Å². The summed E-state index contributed by atoms with van der Waals surface area (Å²) < 4.78 is 0. The third-order valence-corrected chi connectivity index (χ3v) is 5.32. The summed E-state index contributed by atoms with van der Waals surface area (Å²) in [6, 6.07) is 13.9. The van der Waals surface area contributed by atoms with Crippen LogP contribution in [-0.4, -0.2) is 28.8 Å². The number of amides is 2. The Morgan fingerprint density at radius 1 is 1.07 bits per heavy atom. The van der Waals surface area contributed by atoms with Crippen molar-refractivity contribution in [1.82, 2.24) is 10.2 Å². The largest absolute Gasteiger partial charge is 0.352 e. The molecule has 28 heavy (non-hydrogen) atoms. The quantitative estimate of drug-likeness (QED) is 0.661. The van der Waals surface area contributed by atoms with Gasteiger partial charge in [0.05, 0.1) is 6.42 Å². The monoisotopic (exact) mass is 420 g/mol. The molecule has 0 unspecified atom stereocenters. The van der Waals surface area contributed by atoms with E-state index < -0.39 is 6.04 Å². The summed E-state index contributed by atoms with van der Waals surface area (Å²) in [5.41, 5.74) is 1.60. The van der Waals surface area contributed by atoms with Crippen LogP contribution in [0, 0.1) is 0 Å². The first kappa shape index (κ1) is 22.3. The van der Waals surface area contributed by atoms with Crippen molar-refractivity contribution in [3.8, 4) is 0 Å². The molecule has 0 aliphatic carbocycles. The number of nitrogens with one attached hydrogen (secondary N) is 1. The van der Waals surface area contributed by atoms with Crippen LogP contribution in [0.3, 0.4) is 0 Å². The highest BCUT2D eigenvalue weighted by Gasteiger charge is 2.27. The molecule has 1 N–H and O–H groups in total. The Labute approximate surface area is 176 Å². The standard InChI is InChI=1S/C22H26Cl2N2O2/c1-4-15(2)25-22(28)16(3)26(14-18-9-5-6-11-20(18)24)21(27)13-17-8-7-10-19(23)12-17/h5-12,15-16H,4,13-14H2,1-3H3,(H,25,28)/t15-,16+/m1/s1. The maximum absolute atomic E-state index is 13.1. The zero-order valence-corrected chi connectivity index (χ0v) is 17.9. The third-order valence-electron chi connectivity index (χ3n) is 4.71. The van der Waals surface area contributed by atoms with Crippen LogP contribution in [0.4, 0.5) is 0 Å². The van der Waals surface area contributed by atoms with E-state index in [4.69, 9.17) is 23.2 Å². The van der Waals surface area contributed by atoms with Gasteiger partial charge in [-0.25, -0.2) is 0 Å². The van der Waals surface area contributed by atoms with Crippen molar-refractivity contribution < 1.29 is 9.59 Å². The molecule has 2 atom stereocenters. The van der Waals surface area contributed by atoms with Crippen molar-refractivity contribution in [2.24, 2.45) is 0 Å². The van der Waals surface area contributed by atoms with Crippen molar-refractivity contribution in [3.05, 3.63) is 69.7 Å². The van der Waals surface area contributed by atoms with Crippen molar-refractivity contribution in [2.45, 2.75) is 52.2 Å². The van der Waals surface area contributed by atoms with Crippen LogP contribution >= 0.6 is 23.2 Å². The number of nitrogens with zero attached hydrogens (tertiary/aromatic N) is 1. The second-order valence-electron chi connectivity index (χ2n) is 6.91. The van der Waals surface area contributed by atoms with Gasteiger partial charge in [-0.15, -0.1) is 0 Å². The summed E-state index contributed by atoms with van der Waals surface area (Å²) in [4.78, 5) is 27.4. The number of halogens is 2. The number of carbonyl (C=O) groups excluding carboxylic acids is 2. The van der Waals surface area contributed by atoms with Crippen molar-refractivity contribution >= 4 is 35.0 Å². The van der Waals surface area contributed by atoms with Gasteiger partial charge in [-0.3, -0.25) is 9.59 Å². The Morgan fingerprint density at radius 3 is 2.43 bits per heavy atom. The van der Waals surface area contributed by atoms with Gasteiger partial charge >= 0.3 is 0 Å². The summed E-state index contributed by atoms with van der Waals surface area (Å²) in [6.07, 6.45) is 0.978. The van der Waals surface area contributed by atoms with Crippen LogP contribution in [-0.2, 0) is 22.6 Å². The molecule has 0 fully saturated rings. The molecule has 2 rings (SSSR count). The van der Waals surface area contributed by atoms with E-state index in [1.165, 1.54) is 0 Å². The lowest BCUT2D eigenvalue weighted by Crippen LogP contribution is -2.49. The average molecular weight is 421 g/mol. The molecule has 0 aliphatic heterocycles. The molecule has 0 aliphatic rings. The maximum atomic E-state index is 13.1. The number of hydrogen-bond donors (Lipinski definition) is 1. The number of carbonyl (C=O) groups is 2. The second-order valence-corrected chi connectivity index (χ2v) is 7.76. The van der Waals surface area contributed by atoms with Crippen LogP contribution in [0.2, 0.25) is 10.0 Å². The van der Waals surface area contributed by atoms with Gasteiger partial charge in [0.1, 0.15) is 6.04 Å². The molecule has 2 aromatic rings. The van der Waals surface area contributed by atoms with Gasteiger partial charge in [0.25, 0.3) is 0 Å². The van der Waals surface area contributed by atoms with Crippen LogP contribution in [0.1, 0.15) is 38.3 Å². The molecular formula is C22H26Cl2N2O2.